The van der Waals surface area contributed by atoms with Crippen LogP contribution in [-0.2, 0) is 9.84 Å². The van der Waals surface area contributed by atoms with E-state index < -0.39 is 9.84 Å². The van der Waals surface area contributed by atoms with Gasteiger partial charge in [0, 0.05) is 5.56 Å². The highest BCUT2D eigenvalue weighted by atomic mass is 32.2. The van der Waals surface area contributed by atoms with Gasteiger partial charge in [-0.3, -0.25) is 0 Å². The van der Waals surface area contributed by atoms with Crippen molar-refractivity contribution >= 4 is 15.5 Å². The topological polar surface area (TPSA) is 66.7 Å². The molecule has 4 nitrogen and oxygen atoms in total. The minimum absolute atomic E-state index is 0.135. The van der Waals surface area contributed by atoms with E-state index in [2.05, 4.69) is 5.16 Å². The third kappa shape index (κ3) is 3.70. The standard InChI is InChI=1S/C16H17NO3S/c1-12-3-7-14(8-4-12)16(17-18)11-21(19,20)15-9-5-13(2)6-10-15/h3-10,18H,11H2,1-2H3/b17-16-. The summed E-state index contributed by atoms with van der Waals surface area (Å²) in [5, 5.41) is 12.3. The zero-order valence-electron chi connectivity index (χ0n) is 11.9. The molecule has 2 rings (SSSR count). The summed E-state index contributed by atoms with van der Waals surface area (Å²) in [6, 6.07) is 13.8. The van der Waals surface area contributed by atoms with E-state index in [1.54, 1.807) is 36.4 Å². The summed E-state index contributed by atoms with van der Waals surface area (Å²) in [5.74, 6) is -0.338. The number of aryl methyl sites for hydroxylation is 2. The molecule has 1 N–H and O–H groups in total. The zero-order chi connectivity index (χ0) is 15.5. The van der Waals surface area contributed by atoms with Crippen LogP contribution in [-0.4, -0.2) is 25.1 Å². The Morgan fingerprint density at radius 1 is 0.952 bits per heavy atom. The average molecular weight is 303 g/mol. The van der Waals surface area contributed by atoms with Gasteiger partial charge in [0.05, 0.1) is 4.90 Å². The molecule has 0 fully saturated rings. The SMILES string of the molecule is Cc1ccc(/C(CS(=O)(=O)c2ccc(C)cc2)=N\O)cc1. The Hall–Kier alpha value is -2.14. The van der Waals surface area contributed by atoms with E-state index in [-0.39, 0.29) is 16.4 Å². The maximum absolute atomic E-state index is 12.4. The van der Waals surface area contributed by atoms with Crippen molar-refractivity contribution in [3.8, 4) is 0 Å². The molecule has 0 spiro atoms. The first-order valence-corrected chi connectivity index (χ1v) is 8.15. The number of hydrogen-bond donors (Lipinski definition) is 1. The fourth-order valence-corrected chi connectivity index (χ4v) is 3.23. The van der Waals surface area contributed by atoms with Crippen molar-refractivity contribution in [3.05, 3.63) is 65.2 Å². The lowest BCUT2D eigenvalue weighted by Crippen LogP contribution is -2.17. The summed E-state index contributed by atoms with van der Waals surface area (Å²) >= 11 is 0. The summed E-state index contributed by atoms with van der Waals surface area (Å²) in [6.07, 6.45) is 0. The maximum atomic E-state index is 12.4. The fraction of sp³-hybridized carbons (Fsp3) is 0.188. The van der Waals surface area contributed by atoms with Gasteiger partial charge in [0.25, 0.3) is 0 Å². The van der Waals surface area contributed by atoms with Crippen molar-refractivity contribution in [1.82, 2.24) is 0 Å². The van der Waals surface area contributed by atoms with Gasteiger partial charge in [-0.2, -0.15) is 0 Å². The first kappa shape index (κ1) is 15.3. The Labute approximate surface area is 124 Å². The van der Waals surface area contributed by atoms with Crippen LogP contribution < -0.4 is 0 Å². The van der Waals surface area contributed by atoms with Gasteiger partial charge in [0.2, 0.25) is 0 Å². The lowest BCUT2D eigenvalue weighted by Gasteiger charge is -2.07. The lowest BCUT2D eigenvalue weighted by atomic mass is 10.1. The second-order valence-electron chi connectivity index (χ2n) is 4.98. The van der Waals surface area contributed by atoms with Gasteiger partial charge in [-0.15, -0.1) is 0 Å². The van der Waals surface area contributed by atoms with E-state index in [4.69, 9.17) is 5.21 Å². The number of oxime groups is 1. The molecule has 2 aromatic carbocycles. The van der Waals surface area contributed by atoms with Gasteiger partial charge in [-0.1, -0.05) is 52.7 Å². The van der Waals surface area contributed by atoms with E-state index in [1.807, 2.05) is 26.0 Å². The van der Waals surface area contributed by atoms with Crippen LogP contribution >= 0.6 is 0 Å². The van der Waals surface area contributed by atoms with E-state index in [9.17, 15) is 8.42 Å². The normalized spacial score (nSPS) is 12.4. The molecule has 0 saturated heterocycles. The van der Waals surface area contributed by atoms with Gasteiger partial charge in [-0.05, 0) is 26.0 Å². The molecule has 0 aliphatic heterocycles. The number of nitrogens with zero attached hydrogens (tertiary/aromatic N) is 1. The summed E-state index contributed by atoms with van der Waals surface area (Å²) in [7, 11) is -3.54. The first-order chi connectivity index (χ1) is 9.92. The van der Waals surface area contributed by atoms with Crippen molar-refractivity contribution in [2.24, 2.45) is 5.16 Å². The second kappa shape index (κ2) is 6.10. The molecule has 0 aliphatic rings. The predicted octanol–water partition coefficient (Wildman–Crippen LogP) is 2.96. The number of benzene rings is 2. The molecule has 0 aromatic heterocycles. The zero-order valence-corrected chi connectivity index (χ0v) is 12.8. The van der Waals surface area contributed by atoms with E-state index in [0.717, 1.165) is 11.1 Å². The van der Waals surface area contributed by atoms with Crippen LogP contribution in [0.15, 0.2) is 58.6 Å². The second-order valence-corrected chi connectivity index (χ2v) is 6.97. The van der Waals surface area contributed by atoms with Crippen molar-refractivity contribution < 1.29 is 13.6 Å². The molecule has 0 saturated carbocycles. The highest BCUT2D eigenvalue weighted by Crippen LogP contribution is 2.15. The fourth-order valence-electron chi connectivity index (χ4n) is 1.92. The number of hydrogen-bond acceptors (Lipinski definition) is 4. The largest absolute Gasteiger partial charge is 0.411 e. The number of sulfone groups is 1. The Balaban J connectivity index is 2.29. The molecule has 0 unspecified atom stereocenters. The van der Waals surface area contributed by atoms with Crippen LogP contribution in [0, 0.1) is 13.8 Å². The van der Waals surface area contributed by atoms with E-state index in [0.29, 0.717) is 5.56 Å². The highest BCUT2D eigenvalue weighted by molar-refractivity contribution is 7.92. The summed E-state index contributed by atoms with van der Waals surface area (Å²) in [5.41, 5.74) is 2.77. The molecule has 0 aliphatic carbocycles. The first-order valence-electron chi connectivity index (χ1n) is 6.50. The summed E-state index contributed by atoms with van der Waals surface area (Å²) < 4.78 is 24.7. The van der Waals surface area contributed by atoms with Crippen LogP contribution in [0.1, 0.15) is 16.7 Å². The molecular formula is C16H17NO3S. The third-order valence-electron chi connectivity index (χ3n) is 3.21. The van der Waals surface area contributed by atoms with Crippen molar-refractivity contribution in [2.45, 2.75) is 18.7 Å². The van der Waals surface area contributed by atoms with Crippen molar-refractivity contribution in [2.75, 3.05) is 5.75 Å². The quantitative estimate of drug-likeness (QED) is 0.536. The Bertz CT molecular complexity index is 745. The maximum Gasteiger partial charge on any atom is 0.184 e. The van der Waals surface area contributed by atoms with Gasteiger partial charge < -0.3 is 5.21 Å². The predicted molar refractivity (Wildman–Crippen MR) is 82.7 cm³/mol. The highest BCUT2D eigenvalue weighted by Gasteiger charge is 2.19. The van der Waals surface area contributed by atoms with Gasteiger partial charge in [0.1, 0.15) is 11.5 Å². The third-order valence-corrected chi connectivity index (χ3v) is 4.86. The molecule has 0 amide bonds. The molecule has 0 bridgehead atoms. The van der Waals surface area contributed by atoms with E-state index >= 15 is 0 Å². The minimum Gasteiger partial charge on any atom is -0.411 e. The lowest BCUT2D eigenvalue weighted by molar-refractivity contribution is 0.319. The van der Waals surface area contributed by atoms with Crippen molar-refractivity contribution in [1.29, 1.82) is 0 Å². The van der Waals surface area contributed by atoms with Crippen molar-refractivity contribution in [3.63, 3.8) is 0 Å². The monoisotopic (exact) mass is 303 g/mol. The van der Waals surface area contributed by atoms with Gasteiger partial charge in [0.15, 0.2) is 9.84 Å². The molecule has 110 valence electrons. The molecule has 2 aromatic rings. The average Bonchev–Trinajstić information content (AvgIpc) is 2.46. The van der Waals surface area contributed by atoms with E-state index in [1.165, 1.54) is 0 Å². The van der Waals surface area contributed by atoms with Crippen LogP contribution in [0.4, 0.5) is 0 Å². The van der Waals surface area contributed by atoms with Gasteiger partial charge in [-0.25, -0.2) is 8.42 Å². The smallest absolute Gasteiger partial charge is 0.184 e. The Morgan fingerprint density at radius 2 is 1.43 bits per heavy atom. The summed E-state index contributed by atoms with van der Waals surface area (Å²) in [6.45, 7) is 3.83. The minimum atomic E-state index is -3.54. The summed E-state index contributed by atoms with van der Waals surface area (Å²) in [4.78, 5) is 0.223. The van der Waals surface area contributed by atoms with Gasteiger partial charge >= 0.3 is 0 Å². The Morgan fingerprint density at radius 3 is 1.90 bits per heavy atom. The molecular weight excluding hydrogens is 286 g/mol. The molecule has 0 heterocycles. The molecule has 21 heavy (non-hydrogen) atoms. The molecule has 5 heteroatoms. The Kier molecular flexibility index (Phi) is 4.43. The number of rotatable bonds is 4. The molecule has 0 atom stereocenters. The molecule has 0 radical (unpaired) electrons. The van der Waals surface area contributed by atoms with Crippen LogP contribution in [0.3, 0.4) is 0 Å². The van der Waals surface area contributed by atoms with Crippen LogP contribution in [0.2, 0.25) is 0 Å². The van der Waals surface area contributed by atoms with Crippen LogP contribution in [0.5, 0.6) is 0 Å². The van der Waals surface area contributed by atoms with Crippen LogP contribution in [0.25, 0.3) is 0 Å².